The Morgan fingerprint density at radius 3 is 2.95 bits per heavy atom. The maximum atomic E-state index is 12.7. The van der Waals surface area contributed by atoms with Crippen LogP contribution in [-0.2, 0) is 24.8 Å². The molecule has 2 aromatic heterocycles. The van der Waals surface area contributed by atoms with E-state index in [1.807, 2.05) is 18.6 Å². The predicted molar refractivity (Wildman–Crippen MR) is 85.9 cm³/mol. The molecule has 0 saturated heterocycles. The van der Waals surface area contributed by atoms with Crippen LogP contribution in [0, 0.1) is 0 Å². The standard InChI is InChI=1S/C15H22N4O2S/c1-4-5-14-17-13(11-22-14)15(20)19(6-7-21-3)10-12-8-16-18(2)9-12/h8-9,11H,4-7,10H2,1-3H3. The van der Waals surface area contributed by atoms with Gasteiger partial charge in [0.1, 0.15) is 5.69 Å². The maximum Gasteiger partial charge on any atom is 0.273 e. The Kier molecular flexibility index (Phi) is 6.09. The van der Waals surface area contributed by atoms with E-state index >= 15 is 0 Å². The van der Waals surface area contributed by atoms with Gasteiger partial charge < -0.3 is 9.64 Å². The van der Waals surface area contributed by atoms with Crippen molar-refractivity contribution in [2.45, 2.75) is 26.3 Å². The van der Waals surface area contributed by atoms with E-state index in [0.29, 0.717) is 25.4 Å². The Bertz CT molecular complexity index is 608. The van der Waals surface area contributed by atoms with Crippen LogP contribution in [0.25, 0.3) is 0 Å². The molecular formula is C15H22N4O2S. The smallest absolute Gasteiger partial charge is 0.273 e. The summed E-state index contributed by atoms with van der Waals surface area (Å²) in [5, 5.41) is 7.00. The molecule has 6 nitrogen and oxygen atoms in total. The van der Waals surface area contributed by atoms with Gasteiger partial charge in [-0.1, -0.05) is 6.92 Å². The van der Waals surface area contributed by atoms with Crippen LogP contribution < -0.4 is 0 Å². The fourth-order valence-electron chi connectivity index (χ4n) is 2.13. The summed E-state index contributed by atoms with van der Waals surface area (Å²) in [5.74, 6) is -0.0560. The summed E-state index contributed by atoms with van der Waals surface area (Å²) >= 11 is 1.55. The minimum atomic E-state index is -0.0560. The van der Waals surface area contributed by atoms with Crippen molar-refractivity contribution >= 4 is 17.2 Å². The summed E-state index contributed by atoms with van der Waals surface area (Å²) in [5.41, 5.74) is 1.52. The zero-order chi connectivity index (χ0) is 15.9. The number of hydrogen-bond acceptors (Lipinski definition) is 5. The largest absolute Gasteiger partial charge is 0.383 e. The van der Waals surface area contributed by atoms with E-state index in [-0.39, 0.29) is 5.91 Å². The van der Waals surface area contributed by atoms with Crippen molar-refractivity contribution in [1.82, 2.24) is 19.7 Å². The number of carbonyl (C=O) groups is 1. The normalized spacial score (nSPS) is 10.9. The van der Waals surface area contributed by atoms with Crippen LogP contribution in [0.15, 0.2) is 17.8 Å². The molecule has 0 aliphatic heterocycles. The molecule has 0 N–H and O–H groups in total. The minimum absolute atomic E-state index is 0.0560. The minimum Gasteiger partial charge on any atom is -0.383 e. The summed E-state index contributed by atoms with van der Waals surface area (Å²) in [7, 11) is 3.50. The molecule has 0 saturated carbocycles. The van der Waals surface area contributed by atoms with Gasteiger partial charge in [0.05, 0.1) is 17.8 Å². The zero-order valence-corrected chi connectivity index (χ0v) is 14.1. The first-order chi connectivity index (χ1) is 10.6. The average Bonchev–Trinajstić information content (AvgIpc) is 3.12. The van der Waals surface area contributed by atoms with Gasteiger partial charge in [0, 0.05) is 44.4 Å². The van der Waals surface area contributed by atoms with Crippen molar-refractivity contribution in [2.24, 2.45) is 7.05 Å². The lowest BCUT2D eigenvalue weighted by molar-refractivity contribution is 0.0675. The Morgan fingerprint density at radius 2 is 2.32 bits per heavy atom. The Balaban J connectivity index is 2.10. The summed E-state index contributed by atoms with van der Waals surface area (Å²) < 4.78 is 6.85. The van der Waals surface area contributed by atoms with Crippen molar-refractivity contribution in [1.29, 1.82) is 0 Å². The van der Waals surface area contributed by atoms with Gasteiger partial charge in [0.25, 0.3) is 5.91 Å². The van der Waals surface area contributed by atoms with Crippen molar-refractivity contribution in [2.75, 3.05) is 20.3 Å². The number of nitrogens with zero attached hydrogens (tertiary/aromatic N) is 4. The second-order valence-corrected chi connectivity index (χ2v) is 6.06. The van der Waals surface area contributed by atoms with Crippen LogP contribution >= 0.6 is 11.3 Å². The first-order valence-corrected chi connectivity index (χ1v) is 8.22. The van der Waals surface area contributed by atoms with E-state index in [1.54, 1.807) is 34.2 Å². The number of aryl methyl sites for hydroxylation is 2. The molecule has 0 spiro atoms. The van der Waals surface area contributed by atoms with E-state index in [9.17, 15) is 4.79 Å². The third-order valence-corrected chi connectivity index (χ3v) is 4.13. The number of aromatic nitrogens is 3. The van der Waals surface area contributed by atoms with Crippen molar-refractivity contribution in [3.63, 3.8) is 0 Å². The highest BCUT2D eigenvalue weighted by atomic mass is 32.1. The number of amides is 1. The van der Waals surface area contributed by atoms with E-state index in [4.69, 9.17) is 4.74 Å². The lowest BCUT2D eigenvalue weighted by Gasteiger charge is -2.20. The molecular weight excluding hydrogens is 300 g/mol. The zero-order valence-electron chi connectivity index (χ0n) is 13.3. The van der Waals surface area contributed by atoms with Crippen LogP contribution in [0.5, 0.6) is 0 Å². The predicted octanol–water partition coefficient (Wildman–Crippen LogP) is 2.12. The van der Waals surface area contributed by atoms with Gasteiger partial charge >= 0.3 is 0 Å². The fourth-order valence-corrected chi connectivity index (χ4v) is 3.00. The number of thiazole rings is 1. The lowest BCUT2D eigenvalue weighted by atomic mass is 10.3. The molecule has 1 amide bonds. The molecule has 0 atom stereocenters. The lowest BCUT2D eigenvalue weighted by Crippen LogP contribution is -2.33. The second kappa shape index (κ2) is 8.05. The summed E-state index contributed by atoms with van der Waals surface area (Å²) in [4.78, 5) is 18.9. The highest BCUT2D eigenvalue weighted by molar-refractivity contribution is 7.09. The monoisotopic (exact) mass is 322 g/mol. The summed E-state index contributed by atoms with van der Waals surface area (Å²) in [6.07, 6.45) is 5.64. The van der Waals surface area contributed by atoms with E-state index in [2.05, 4.69) is 17.0 Å². The number of ether oxygens (including phenoxy) is 1. The van der Waals surface area contributed by atoms with Gasteiger partial charge in [0.15, 0.2) is 0 Å². The Labute approximate surface area is 134 Å². The van der Waals surface area contributed by atoms with Gasteiger partial charge in [0.2, 0.25) is 0 Å². The van der Waals surface area contributed by atoms with E-state index in [1.165, 1.54) is 0 Å². The first kappa shape index (κ1) is 16.6. The van der Waals surface area contributed by atoms with Crippen LogP contribution in [0.3, 0.4) is 0 Å². The van der Waals surface area contributed by atoms with Crippen molar-refractivity contribution < 1.29 is 9.53 Å². The van der Waals surface area contributed by atoms with Gasteiger partial charge in [-0.3, -0.25) is 9.48 Å². The molecule has 2 rings (SSSR count). The third kappa shape index (κ3) is 4.38. The third-order valence-electron chi connectivity index (χ3n) is 3.22. The molecule has 0 radical (unpaired) electrons. The number of methoxy groups -OCH3 is 1. The van der Waals surface area contributed by atoms with Crippen LogP contribution in [0.2, 0.25) is 0 Å². The molecule has 7 heteroatoms. The van der Waals surface area contributed by atoms with Gasteiger partial charge in [-0.25, -0.2) is 4.98 Å². The highest BCUT2D eigenvalue weighted by Gasteiger charge is 2.19. The molecule has 120 valence electrons. The van der Waals surface area contributed by atoms with Gasteiger partial charge in [-0.2, -0.15) is 5.10 Å². The molecule has 0 fully saturated rings. The van der Waals surface area contributed by atoms with Crippen molar-refractivity contribution in [3.8, 4) is 0 Å². The van der Waals surface area contributed by atoms with E-state index in [0.717, 1.165) is 23.4 Å². The molecule has 2 aromatic rings. The first-order valence-electron chi connectivity index (χ1n) is 7.34. The van der Waals surface area contributed by atoms with E-state index < -0.39 is 0 Å². The molecule has 0 aromatic carbocycles. The fraction of sp³-hybridized carbons (Fsp3) is 0.533. The molecule has 2 heterocycles. The number of carbonyl (C=O) groups excluding carboxylic acids is 1. The number of rotatable bonds is 8. The molecule has 0 aliphatic carbocycles. The van der Waals surface area contributed by atoms with Crippen LogP contribution in [-0.4, -0.2) is 45.8 Å². The Hall–Kier alpha value is -1.73. The maximum absolute atomic E-state index is 12.7. The second-order valence-electron chi connectivity index (χ2n) is 5.12. The summed E-state index contributed by atoms with van der Waals surface area (Å²) in [6.45, 7) is 3.65. The molecule has 0 bridgehead atoms. The molecule has 0 aliphatic rings. The van der Waals surface area contributed by atoms with Crippen LogP contribution in [0.1, 0.15) is 34.4 Å². The van der Waals surface area contributed by atoms with Gasteiger partial charge in [-0.05, 0) is 12.8 Å². The quantitative estimate of drug-likeness (QED) is 0.747. The number of hydrogen-bond donors (Lipinski definition) is 0. The van der Waals surface area contributed by atoms with Crippen LogP contribution in [0.4, 0.5) is 0 Å². The highest BCUT2D eigenvalue weighted by Crippen LogP contribution is 2.15. The van der Waals surface area contributed by atoms with Gasteiger partial charge in [-0.15, -0.1) is 11.3 Å². The molecule has 22 heavy (non-hydrogen) atoms. The average molecular weight is 322 g/mol. The topological polar surface area (TPSA) is 60.3 Å². The summed E-state index contributed by atoms with van der Waals surface area (Å²) in [6, 6.07) is 0. The molecule has 0 unspecified atom stereocenters. The van der Waals surface area contributed by atoms with Crippen molar-refractivity contribution in [3.05, 3.63) is 34.0 Å². The Morgan fingerprint density at radius 1 is 1.50 bits per heavy atom. The SMILES string of the molecule is CCCc1nc(C(=O)N(CCOC)Cc2cnn(C)c2)cs1.